The van der Waals surface area contributed by atoms with Crippen LogP contribution >= 0.6 is 15.9 Å². The molecule has 2 heterocycles. The van der Waals surface area contributed by atoms with Crippen LogP contribution in [0.2, 0.25) is 0 Å². The van der Waals surface area contributed by atoms with Crippen LogP contribution in [-0.2, 0) is 0 Å². The third-order valence-corrected chi connectivity index (χ3v) is 3.45. The standard InChI is InChI=1S/C13H12BrFN4O/c1-7-3-11(17-6-10(7)14)19-13(20)9-4-8(15)5-18-12(9)16-2/h3-6H,1-2H3,(H,16,18)(H,17,19,20). The van der Waals surface area contributed by atoms with E-state index in [1.807, 2.05) is 6.92 Å². The van der Waals surface area contributed by atoms with E-state index in [2.05, 4.69) is 36.5 Å². The van der Waals surface area contributed by atoms with Gasteiger partial charge in [0.25, 0.3) is 5.91 Å². The maximum Gasteiger partial charge on any atom is 0.260 e. The van der Waals surface area contributed by atoms with Crippen LogP contribution < -0.4 is 10.6 Å². The average Bonchev–Trinajstić information content (AvgIpc) is 2.43. The number of halogens is 2. The summed E-state index contributed by atoms with van der Waals surface area (Å²) in [7, 11) is 1.61. The van der Waals surface area contributed by atoms with E-state index in [9.17, 15) is 9.18 Å². The van der Waals surface area contributed by atoms with Gasteiger partial charge in [-0.1, -0.05) is 0 Å². The van der Waals surface area contributed by atoms with Gasteiger partial charge in [0.2, 0.25) is 0 Å². The molecule has 0 aromatic carbocycles. The molecule has 0 radical (unpaired) electrons. The first-order valence-electron chi connectivity index (χ1n) is 5.78. The van der Waals surface area contributed by atoms with Crippen molar-refractivity contribution in [3.8, 4) is 0 Å². The van der Waals surface area contributed by atoms with E-state index in [1.54, 1.807) is 19.3 Å². The average molecular weight is 339 g/mol. The maximum absolute atomic E-state index is 13.2. The van der Waals surface area contributed by atoms with Gasteiger partial charge >= 0.3 is 0 Å². The maximum atomic E-state index is 13.2. The third kappa shape index (κ3) is 3.11. The SMILES string of the molecule is CNc1ncc(F)cc1C(=O)Nc1cc(C)c(Br)cn1. The molecule has 2 aromatic heterocycles. The molecule has 0 bridgehead atoms. The summed E-state index contributed by atoms with van der Waals surface area (Å²) in [5.74, 6) is -0.357. The number of aryl methyl sites for hydroxylation is 1. The van der Waals surface area contributed by atoms with E-state index in [0.29, 0.717) is 11.6 Å². The minimum Gasteiger partial charge on any atom is -0.372 e. The smallest absolute Gasteiger partial charge is 0.260 e. The minimum atomic E-state index is -0.575. The molecule has 0 aliphatic heterocycles. The molecule has 0 fully saturated rings. The number of hydrogen-bond acceptors (Lipinski definition) is 4. The number of nitrogens with one attached hydrogen (secondary N) is 2. The highest BCUT2D eigenvalue weighted by molar-refractivity contribution is 9.10. The van der Waals surface area contributed by atoms with Crippen molar-refractivity contribution >= 4 is 33.5 Å². The Hall–Kier alpha value is -2.02. The van der Waals surface area contributed by atoms with E-state index in [1.165, 1.54) is 0 Å². The Morgan fingerprint density at radius 2 is 2.05 bits per heavy atom. The van der Waals surface area contributed by atoms with Crippen molar-refractivity contribution in [2.75, 3.05) is 17.7 Å². The monoisotopic (exact) mass is 338 g/mol. The zero-order valence-corrected chi connectivity index (χ0v) is 12.5. The van der Waals surface area contributed by atoms with E-state index < -0.39 is 11.7 Å². The van der Waals surface area contributed by atoms with Crippen LogP contribution in [0.5, 0.6) is 0 Å². The van der Waals surface area contributed by atoms with Gasteiger partial charge in [-0.2, -0.15) is 0 Å². The van der Waals surface area contributed by atoms with Gasteiger partial charge in [0, 0.05) is 17.7 Å². The second-order valence-electron chi connectivity index (χ2n) is 4.07. The molecule has 0 saturated carbocycles. The highest BCUT2D eigenvalue weighted by Crippen LogP contribution is 2.19. The molecule has 0 spiro atoms. The Bertz CT molecular complexity index is 663. The van der Waals surface area contributed by atoms with Crippen molar-refractivity contribution in [2.45, 2.75) is 6.92 Å². The number of carbonyl (C=O) groups is 1. The van der Waals surface area contributed by atoms with Gasteiger partial charge in [-0.15, -0.1) is 0 Å². The second-order valence-corrected chi connectivity index (χ2v) is 4.93. The lowest BCUT2D eigenvalue weighted by molar-refractivity contribution is 0.102. The molecular weight excluding hydrogens is 327 g/mol. The fourth-order valence-corrected chi connectivity index (χ4v) is 1.82. The van der Waals surface area contributed by atoms with Gasteiger partial charge < -0.3 is 10.6 Å². The molecule has 2 rings (SSSR count). The Morgan fingerprint density at radius 1 is 1.30 bits per heavy atom. The zero-order valence-electron chi connectivity index (χ0n) is 10.9. The zero-order chi connectivity index (χ0) is 14.7. The van der Waals surface area contributed by atoms with Crippen LogP contribution in [0.3, 0.4) is 0 Å². The van der Waals surface area contributed by atoms with Crippen molar-refractivity contribution < 1.29 is 9.18 Å². The number of anilines is 2. The highest BCUT2D eigenvalue weighted by Gasteiger charge is 2.14. The number of aromatic nitrogens is 2. The van der Waals surface area contributed by atoms with Crippen LogP contribution in [0.1, 0.15) is 15.9 Å². The van der Waals surface area contributed by atoms with Crippen LogP contribution in [0.15, 0.2) is 29.0 Å². The molecule has 0 atom stereocenters. The number of pyridine rings is 2. The molecule has 2 aromatic rings. The largest absolute Gasteiger partial charge is 0.372 e. The number of rotatable bonds is 3. The molecule has 2 N–H and O–H groups in total. The molecule has 0 aliphatic carbocycles. The van der Waals surface area contributed by atoms with E-state index in [0.717, 1.165) is 22.3 Å². The van der Waals surface area contributed by atoms with Gasteiger partial charge in [-0.25, -0.2) is 14.4 Å². The van der Waals surface area contributed by atoms with Gasteiger partial charge in [0.15, 0.2) is 0 Å². The molecule has 1 amide bonds. The van der Waals surface area contributed by atoms with Crippen LogP contribution in [-0.4, -0.2) is 22.9 Å². The van der Waals surface area contributed by atoms with E-state index in [-0.39, 0.29) is 5.56 Å². The summed E-state index contributed by atoms with van der Waals surface area (Å²) in [5.41, 5.74) is 1.05. The topological polar surface area (TPSA) is 66.9 Å². The van der Waals surface area contributed by atoms with Gasteiger partial charge in [0.1, 0.15) is 17.5 Å². The first-order chi connectivity index (χ1) is 9.51. The van der Waals surface area contributed by atoms with Crippen molar-refractivity contribution in [1.82, 2.24) is 9.97 Å². The lowest BCUT2D eigenvalue weighted by Crippen LogP contribution is -2.16. The normalized spacial score (nSPS) is 10.2. The molecule has 0 unspecified atom stereocenters. The second kappa shape index (κ2) is 5.96. The highest BCUT2D eigenvalue weighted by atomic mass is 79.9. The van der Waals surface area contributed by atoms with Crippen molar-refractivity contribution in [3.05, 3.63) is 45.9 Å². The Morgan fingerprint density at radius 3 is 2.70 bits per heavy atom. The number of amides is 1. The predicted molar refractivity (Wildman–Crippen MR) is 78.4 cm³/mol. The molecular formula is C13H12BrFN4O. The summed E-state index contributed by atoms with van der Waals surface area (Å²) in [6, 6.07) is 2.84. The summed E-state index contributed by atoms with van der Waals surface area (Å²) in [5, 5.41) is 5.35. The fourth-order valence-electron chi connectivity index (χ4n) is 1.60. The van der Waals surface area contributed by atoms with E-state index >= 15 is 0 Å². The van der Waals surface area contributed by atoms with Crippen LogP contribution in [0.4, 0.5) is 16.0 Å². The molecule has 104 valence electrons. The first kappa shape index (κ1) is 14.4. The summed E-state index contributed by atoms with van der Waals surface area (Å²) in [6.45, 7) is 1.88. The number of hydrogen-bond donors (Lipinski definition) is 2. The van der Waals surface area contributed by atoms with Crippen molar-refractivity contribution in [1.29, 1.82) is 0 Å². The first-order valence-corrected chi connectivity index (χ1v) is 6.57. The summed E-state index contributed by atoms with van der Waals surface area (Å²) < 4.78 is 14.1. The number of nitrogens with zero attached hydrogens (tertiary/aromatic N) is 2. The Labute approximate surface area is 123 Å². The Kier molecular flexibility index (Phi) is 4.29. The molecule has 7 heteroatoms. The minimum absolute atomic E-state index is 0.120. The van der Waals surface area contributed by atoms with Crippen molar-refractivity contribution in [3.63, 3.8) is 0 Å². The van der Waals surface area contributed by atoms with Gasteiger partial charge in [0.05, 0.1) is 11.8 Å². The lowest BCUT2D eigenvalue weighted by atomic mass is 10.2. The molecule has 0 aliphatic rings. The molecule has 0 saturated heterocycles. The summed E-state index contributed by atoms with van der Waals surface area (Å²) >= 11 is 3.33. The van der Waals surface area contributed by atoms with Gasteiger partial charge in [-0.05, 0) is 40.5 Å². The predicted octanol–water partition coefficient (Wildman–Crippen LogP) is 2.98. The Balaban J connectivity index is 2.27. The van der Waals surface area contributed by atoms with Crippen LogP contribution in [0.25, 0.3) is 0 Å². The summed E-state index contributed by atoms with van der Waals surface area (Å²) in [4.78, 5) is 20.0. The third-order valence-electron chi connectivity index (χ3n) is 2.62. The van der Waals surface area contributed by atoms with Crippen molar-refractivity contribution in [2.24, 2.45) is 0 Å². The fraction of sp³-hybridized carbons (Fsp3) is 0.154. The van der Waals surface area contributed by atoms with E-state index in [4.69, 9.17) is 0 Å². The summed E-state index contributed by atoms with van der Waals surface area (Å²) in [6.07, 6.45) is 2.64. The van der Waals surface area contributed by atoms with Gasteiger partial charge in [-0.3, -0.25) is 4.79 Å². The number of carbonyl (C=O) groups excluding carboxylic acids is 1. The molecule has 20 heavy (non-hydrogen) atoms. The van der Waals surface area contributed by atoms with Crippen LogP contribution in [0, 0.1) is 12.7 Å². The lowest BCUT2D eigenvalue weighted by Gasteiger charge is -2.09. The molecule has 5 nitrogen and oxygen atoms in total. The quantitative estimate of drug-likeness (QED) is 0.902.